The Kier molecular flexibility index (Phi) is 12.2. The smallest absolute Gasteiger partial charge is 0.335 e. The Labute approximate surface area is 356 Å². The van der Waals surface area contributed by atoms with Crippen LogP contribution >= 0.6 is 0 Å². The number of aliphatic hydroxyl groups is 5. The van der Waals surface area contributed by atoms with Crippen LogP contribution in [0.1, 0.15) is 106 Å². The third-order valence-electron chi connectivity index (χ3n) is 17.2. The number of hydrogen-bond donors (Lipinski definition) is 8. The van der Waals surface area contributed by atoms with E-state index in [0.717, 1.165) is 37.7 Å². The van der Waals surface area contributed by atoms with E-state index in [0.29, 0.717) is 25.7 Å². The van der Waals surface area contributed by atoms with Gasteiger partial charge in [-0.3, -0.25) is 9.59 Å². The van der Waals surface area contributed by atoms with E-state index in [-0.39, 0.29) is 53.8 Å². The summed E-state index contributed by atoms with van der Waals surface area (Å²) < 4.78 is 23.4. The van der Waals surface area contributed by atoms with Crippen LogP contribution in [0, 0.1) is 50.2 Å². The topological polar surface area (TPSA) is 267 Å². The number of ketones is 1. The quantitative estimate of drug-likeness (QED) is 0.135. The second-order valence-corrected chi connectivity index (χ2v) is 20.6. The zero-order chi connectivity index (χ0) is 42.9. The summed E-state index contributed by atoms with van der Waals surface area (Å²) in [5.74, 6) is -4.47. The molecule has 59 heavy (non-hydrogen) atoms. The number of carboxylic acid groups (broad SMARTS) is 3. The number of carboxylic acids is 3. The van der Waals surface area contributed by atoms with Gasteiger partial charge in [0.25, 0.3) is 0 Å². The molecule has 2 saturated heterocycles. The van der Waals surface area contributed by atoms with Gasteiger partial charge in [-0.15, -0.1) is 0 Å². The van der Waals surface area contributed by atoms with E-state index < -0.39 is 107 Å². The summed E-state index contributed by atoms with van der Waals surface area (Å²) in [5.41, 5.74) is -1.81. The molecule has 0 radical (unpaired) electrons. The number of carbonyl (C=O) groups is 4. The molecule has 0 amide bonds. The number of hydrogen-bond acceptors (Lipinski definition) is 13. The van der Waals surface area contributed by atoms with Gasteiger partial charge in [0.05, 0.1) is 11.5 Å². The summed E-state index contributed by atoms with van der Waals surface area (Å²) in [4.78, 5) is 51.3. The molecular formula is C42H62O16Zn. The van der Waals surface area contributed by atoms with E-state index in [2.05, 4.69) is 27.7 Å². The number of rotatable bonds is 7. The number of allylic oxidation sites excluding steroid dienone is 2. The Morgan fingerprint density at radius 1 is 0.695 bits per heavy atom. The van der Waals surface area contributed by atoms with Crippen LogP contribution in [0.2, 0.25) is 0 Å². The minimum Gasteiger partial charge on any atom is -0.481 e. The predicted molar refractivity (Wildman–Crippen MR) is 199 cm³/mol. The van der Waals surface area contributed by atoms with E-state index in [1.165, 1.54) is 0 Å². The molecule has 7 rings (SSSR count). The van der Waals surface area contributed by atoms with E-state index in [4.69, 9.17) is 18.9 Å². The molecule has 6 fully saturated rings. The van der Waals surface area contributed by atoms with E-state index in [1.54, 1.807) is 0 Å². The fourth-order valence-electron chi connectivity index (χ4n) is 13.4. The number of aliphatic hydroxyl groups excluding tert-OH is 5. The number of fused-ring (bicyclic) bond motifs is 7. The Morgan fingerprint density at radius 2 is 1.27 bits per heavy atom. The molecule has 0 aromatic heterocycles. The molecule has 0 unspecified atom stereocenters. The molecule has 4 saturated carbocycles. The molecule has 19 atom stereocenters. The Morgan fingerprint density at radius 3 is 1.86 bits per heavy atom. The molecular weight excluding hydrogens is 826 g/mol. The minimum absolute atomic E-state index is 0. The Hall–Kier alpha value is -1.92. The largest absolute Gasteiger partial charge is 0.481 e. The van der Waals surface area contributed by atoms with E-state index in [1.807, 2.05) is 26.8 Å². The normalized spacial score (nSPS) is 51.7. The van der Waals surface area contributed by atoms with Crippen molar-refractivity contribution in [1.29, 1.82) is 0 Å². The molecule has 0 bridgehead atoms. The molecule has 0 aromatic rings. The zero-order valence-corrected chi connectivity index (χ0v) is 38.0. The van der Waals surface area contributed by atoms with Crippen molar-refractivity contribution in [2.24, 2.45) is 50.2 Å². The van der Waals surface area contributed by atoms with Crippen molar-refractivity contribution in [3.05, 3.63) is 11.6 Å². The maximum Gasteiger partial charge on any atom is 0.335 e. The number of ether oxygens (including phenoxy) is 4. The van der Waals surface area contributed by atoms with Crippen LogP contribution in [0.15, 0.2) is 11.6 Å². The van der Waals surface area contributed by atoms with Crippen molar-refractivity contribution >= 4 is 23.7 Å². The molecule has 16 nitrogen and oxygen atoms in total. The summed E-state index contributed by atoms with van der Waals surface area (Å²) in [5, 5.41) is 83.0. The minimum atomic E-state index is -2.05. The van der Waals surface area contributed by atoms with Crippen LogP contribution in [-0.4, -0.2) is 132 Å². The SMILES string of the molecule is CC1(C)[C@@H](O[C@H]2O[C@H](C(=O)O)[C@@H](O)[C@H](O)[C@H]2O[C@@H]2O[C@H](C(=O)O)[C@@H](O)[C@H](O)[C@H]2O)CC[C@]2(C)[C@H]3C(=O)C=C4[C@@H]5C[C@@](C)(C(=O)O)CC[C@]5(C)CC[C@@]4(C)[C@]3(C)CC[C@@H]12.[Zn]. The second kappa shape index (κ2) is 15.4. The van der Waals surface area contributed by atoms with Crippen molar-refractivity contribution in [3.8, 4) is 0 Å². The van der Waals surface area contributed by atoms with Crippen molar-refractivity contribution in [2.45, 2.75) is 174 Å². The van der Waals surface area contributed by atoms with Gasteiger partial charge in [0.15, 0.2) is 30.6 Å². The van der Waals surface area contributed by atoms with Gasteiger partial charge < -0.3 is 59.8 Å². The Balaban J connectivity index is 0.00000585. The van der Waals surface area contributed by atoms with Crippen LogP contribution in [0.5, 0.6) is 0 Å². The predicted octanol–water partition coefficient (Wildman–Crippen LogP) is 2.24. The number of carbonyl (C=O) groups excluding carboxylic acids is 1. The molecule has 0 spiro atoms. The van der Waals surface area contributed by atoms with Gasteiger partial charge in [0, 0.05) is 25.4 Å². The summed E-state index contributed by atoms with van der Waals surface area (Å²) >= 11 is 0. The Bertz CT molecular complexity index is 1740. The molecule has 5 aliphatic carbocycles. The third-order valence-corrected chi connectivity index (χ3v) is 17.2. The first-order valence-electron chi connectivity index (χ1n) is 20.7. The van der Waals surface area contributed by atoms with Gasteiger partial charge in [0.1, 0.15) is 36.6 Å². The number of aliphatic carboxylic acids is 3. The first-order chi connectivity index (χ1) is 26.8. The molecule has 328 valence electrons. The van der Waals surface area contributed by atoms with Gasteiger partial charge in [-0.2, -0.15) is 0 Å². The fourth-order valence-corrected chi connectivity index (χ4v) is 13.4. The van der Waals surface area contributed by atoms with Gasteiger partial charge >= 0.3 is 17.9 Å². The van der Waals surface area contributed by atoms with Crippen LogP contribution in [0.25, 0.3) is 0 Å². The van der Waals surface area contributed by atoms with E-state index >= 15 is 0 Å². The van der Waals surface area contributed by atoms with Crippen molar-refractivity contribution in [3.63, 3.8) is 0 Å². The average molecular weight is 888 g/mol. The van der Waals surface area contributed by atoms with Gasteiger partial charge in [-0.05, 0) is 110 Å². The summed E-state index contributed by atoms with van der Waals surface area (Å²) in [6.07, 6.45) is -12.2. The molecule has 2 aliphatic heterocycles. The summed E-state index contributed by atoms with van der Waals surface area (Å²) in [6.45, 7) is 14.8. The summed E-state index contributed by atoms with van der Waals surface area (Å²) in [7, 11) is 0. The first kappa shape index (κ1) is 46.6. The van der Waals surface area contributed by atoms with Crippen LogP contribution in [-0.2, 0) is 57.6 Å². The van der Waals surface area contributed by atoms with Gasteiger partial charge in [-0.1, -0.05) is 47.1 Å². The van der Waals surface area contributed by atoms with Crippen LogP contribution in [0.4, 0.5) is 0 Å². The van der Waals surface area contributed by atoms with Crippen LogP contribution < -0.4 is 0 Å². The monoisotopic (exact) mass is 886 g/mol. The summed E-state index contributed by atoms with van der Waals surface area (Å²) in [6, 6.07) is 0. The van der Waals surface area contributed by atoms with Crippen molar-refractivity contribution < 1.29 is 98.5 Å². The third kappa shape index (κ3) is 6.91. The van der Waals surface area contributed by atoms with E-state index in [9.17, 15) is 60.0 Å². The fraction of sp³-hybridized carbons (Fsp3) is 0.857. The second-order valence-electron chi connectivity index (χ2n) is 20.6. The van der Waals surface area contributed by atoms with Crippen LogP contribution in [0.3, 0.4) is 0 Å². The van der Waals surface area contributed by atoms with Crippen molar-refractivity contribution in [1.82, 2.24) is 0 Å². The van der Waals surface area contributed by atoms with Gasteiger partial charge in [0.2, 0.25) is 0 Å². The maximum absolute atomic E-state index is 14.8. The average Bonchev–Trinajstić information content (AvgIpc) is 3.13. The zero-order valence-electron chi connectivity index (χ0n) is 35.1. The maximum atomic E-state index is 14.8. The molecule has 7 aliphatic rings. The van der Waals surface area contributed by atoms with Gasteiger partial charge in [-0.25, -0.2) is 9.59 Å². The molecule has 0 aromatic carbocycles. The van der Waals surface area contributed by atoms with Crippen molar-refractivity contribution in [2.75, 3.05) is 0 Å². The first-order valence-corrected chi connectivity index (χ1v) is 20.7. The molecule has 8 N–H and O–H groups in total. The molecule has 17 heteroatoms. The standard InChI is InChI=1S/C42H62O16.Zn/c1-37(2)21-8-11-42(7)31(20(43)16-18-19-17-39(4,36(53)54)13-12-38(19,3)14-15-41(18,42)6)40(21,5)10-9-22(37)55-35-30(26(47)25(46)29(57-35)33(51)52)58-34-27(48)23(44)24(45)28(56-34)32(49)50;/h16,19,21-31,34-35,44-48H,8-15,17H2,1-7H3,(H,49,50)(H,51,52)(H,53,54);/t19-,21-,22-,23-,24-,25-,26-,27+,28-,29-,30+,31+,34-,35-,38+,39-,40-,41+,42+;/m0./s1. The molecule has 2 heterocycles.